The van der Waals surface area contributed by atoms with Crippen molar-refractivity contribution in [2.45, 2.75) is 0 Å². The SMILES string of the molecule is COc1ccc(-c2nn(-c3ccccc3)c(Cl)c2C=O)c(OC)c1. The highest BCUT2D eigenvalue weighted by Gasteiger charge is 2.21. The molecule has 0 amide bonds. The molecule has 5 nitrogen and oxygen atoms in total. The Morgan fingerprint density at radius 1 is 1.08 bits per heavy atom. The molecule has 0 spiro atoms. The number of rotatable bonds is 5. The Hall–Kier alpha value is -2.79. The molecule has 122 valence electrons. The van der Waals surface area contributed by atoms with Crippen LogP contribution >= 0.6 is 11.6 Å². The normalized spacial score (nSPS) is 10.5. The lowest BCUT2D eigenvalue weighted by Gasteiger charge is -2.09. The predicted molar refractivity (Wildman–Crippen MR) is 92.5 cm³/mol. The summed E-state index contributed by atoms with van der Waals surface area (Å²) in [5, 5.41) is 4.77. The van der Waals surface area contributed by atoms with Crippen molar-refractivity contribution in [2.75, 3.05) is 14.2 Å². The minimum absolute atomic E-state index is 0.254. The van der Waals surface area contributed by atoms with Gasteiger partial charge in [-0.25, -0.2) is 4.68 Å². The van der Waals surface area contributed by atoms with E-state index in [0.717, 1.165) is 5.69 Å². The summed E-state index contributed by atoms with van der Waals surface area (Å²) in [4.78, 5) is 11.6. The zero-order valence-corrected chi connectivity index (χ0v) is 13.9. The van der Waals surface area contributed by atoms with Crippen LogP contribution in [0.2, 0.25) is 5.15 Å². The summed E-state index contributed by atoms with van der Waals surface area (Å²) in [6, 6.07) is 14.7. The van der Waals surface area contributed by atoms with Crippen LogP contribution in [0.25, 0.3) is 16.9 Å². The molecule has 3 aromatic rings. The van der Waals surface area contributed by atoms with Gasteiger partial charge in [0.25, 0.3) is 0 Å². The minimum Gasteiger partial charge on any atom is -0.497 e. The Kier molecular flexibility index (Phi) is 4.53. The maximum atomic E-state index is 11.6. The number of benzene rings is 2. The molecule has 0 aliphatic carbocycles. The predicted octanol–water partition coefficient (Wildman–Crippen LogP) is 4.02. The molecule has 0 aliphatic heterocycles. The molecule has 0 aliphatic rings. The van der Waals surface area contributed by atoms with Crippen molar-refractivity contribution in [3.63, 3.8) is 0 Å². The Bertz CT molecular complexity index is 875. The van der Waals surface area contributed by atoms with Crippen molar-refractivity contribution in [3.8, 4) is 28.4 Å². The van der Waals surface area contributed by atoms with E-state index in [9.17, 15) is 4.79 Å². The van der Waals surface area contributed by atoms with Crippen LogP contribution in [0.3, 0.4) is 0 Å². The highest BCUT2D eigenvalue weighted by molar-refractivity contribution is 6.32. The summed E-state index contributed by atoms with van der Waals surface area (Å²) in [6.45, 7) is 0. The fourth-order valence-electron chi connectivity index (χ4n) is 2.45. The number of aldehydes is 1. The van der Waals surface area contributed by atoms with Crippen molar-refractivity contribution in [3.05, 3.63) is 59.2 Å². The minimum atomic E-state index is 0.254. The van der Waals surface area contributed by atoms with Gasteiger partial charge in [0, 0.05) is 11.6 Å². The summed E-state index contributed by atoms with van der Waals surface area (Å²) < 4.78 is 12.1. The van der Waals surface area contributed by atoms with Gasteiger partial charge in [-0.2, -0.15) is 5.10 Å². The van der Waals surface area contributed by atoms with E-state index in [-0.39, 0.29) is 5.15 Å². The maximum absolute atomic E-state index is 11.6. The Morgan fingerprint density at radius 2 is 1.83 bits per heavy atom. The van der Waals surface area contributed by atoms with Crippen LogP contribution in [0.4, 0.5) is 0 Å². The van der Waals surface area contributed by atoms with Gasteiger partial charge in [-0.05, 0) is 24.3 Å². The van der Waals surface area contributed by atoms with E-state index in [4.69, 9.17) is 21.1 Å². The lowest BCUT2D eigenvalue weighted by Crippen LogP contribution is -1.96. The highest BCUT2D eigenvalue weighted by atomic mass is 35.5. The molecule has 0 N–H and O–H groups in total. The monoisotopic (exact) mass is 342 g/mol. The molecule has 3 rings (SSSR count). The Balaban J connectivity index is 2.21. The second kappa shape index (κ2) is 6.76. The Morgan fingerprint density at radius 3 is 2.46 bits per heavy atom. The summed E-state index contributed by atoms with van der Waals surface area (Å²) >= 11 is 6.37. The third-order valence-electron chi connectivity index (χ3n) is 3.65. The fourth-order valence-corrected chi connectivity index (χ4v) is 2.72. The van der Waals surface area contributed by atoms with E-state index in [2.05, 4.69) is 5.10 Å². The van der Waals surface area contributed by atoms with Crippen LogP contribution in [0.15, 0.2) is 48.5 Å². The van der Waals surface area contributed by atoms with E-state index in [0.29, 0.717) is 34.6 Å². The maximum Gasteiger partial charge on any atom is 0.155 e. The quantitative estimate of drug-likeness (QED) is 0.657. The van der Waals surface area contributed by atoms with Gasteiger partial charge in [-0.15, -0.1) is 0 Å². The van der Waals surface area contributed by atoms with Crippen LogP contribution in [0.1, 0.15) is 10.4 Å². The first-order valence-electron chi connectivity index (χ1n) is 7.21. The summed E-state index contributed by atoms with van der Waals surface area (Å²) in [5.41, 5.74) is 2.20. The van der Waals surface area contributed by atoms with Gasteiger partial charge >= 0.3 is 0 Å². The third-order valence-corrected chi connectivity index (χ3v) is 4.01. The molecule has 1 heterocycles. The van der Waals surface area contributed by atoms with Gasteiger partial charge in [0.15, 0.2) is 6.29 Å². The number of hydrogen-bond donors (Lipinski definition) is 0. The van der Waals surface area contributed by atoms with Gasteiger partial charge in [-0.3, -0.25) is 4.79 Å². The molecular weight excluding hydrogens is 328 g/mol. The first kappa shape index (κ1) is 16.1. The zero-order valence-electron chi connectivity index (χ0n) is 13.2. The van der Waals surface area contributed by atoms with Crippen LogP contribution in [-0.4, -0.2) is 30.3 Å². The molecule has 24 heavy (non-hydrogen) atoms. The van der Waals surface area contributed by atoms with Gasteiger partial charge < -0.3 is 9.47 Å². The number of ether oxygens (including phenoxy) is 2. The standard InChI is InChI=1S/C18H15ClN2O3/c1-23-13-8-9-14(16(10-13)24-2)17-15(11-22)18(19)21(20-17)12-6-4-3-5-7-12/h3-11H,1-2H3. The summed E-state index contributed by atoms with van der Waals surface area (Å²) in [5.74, 6) is 1.20. The van der Waals surface area contributed by atoms with E-state index < -0.39 is 0 Å². The van der Waals surface area contributed by atoms with Crippen LogP contribution in [0.5, 0.6) is 11.5 Å². The number of carbonyl (C=O) groups is 1. The van der Waals surface area contributed by atoms with Crippen molar-refractivity contribution in [1.82, 2.24) is 9.78 Å². The third kappa shape index (κ3) is 2.74. The smallest absolute Gasteiger partial charge is 0.155 e. The van der Waals surface area contributed by atoms with Crippen LogP contribution in [-0.2, 0) is 0 Å². The molecule has 0 atom stereocenters. The highest BCUT2D eigenvalue weighted by Crippen LogP contribution is 2.36. The van der Waals surface area contributed by atoms with Gasteiger partial charge in [-0.1, -0.05) is 29.8 Å². The van der Waals surface area contributed by atoms with Crippen molar-refractivity contribution in [2.24, 2.45) is 0 Å². The molecule has 0 bridgehead atoms. The van der Waals surface area contributed by atoms with Crippen LogP contribution < -0.4 is 9.47 Å². The van der Waals surface area contributed by atoms with E-state index in [1.807, 2.05) is 30.3 Å². The average Bonchev–Trinajstić information content (AvgIpc) is 2.98. The molecule has 0 unspecified atom stereocenters. The summed E-state index contributed by atoms with van der Waals surface area (Å²) in [7, 11) is 3.13. The van der Waals surface area contributed by atoms with Crippen molar-refractivity contribution >= 4 is 17.9 Å². The first-order valence-corrected chi connectivity index (χ1v) is 7.59. The number of para-hydroxylation sites is 1. The molecule has 1 aromatic heterocycles. The van der Waals surface area contributed by atoms with Gasteiger partial charge in [0.05, 0.1) is 25.5 Å². The molecular formula is C18H15ClN2O3. The lowest BCUT2D eigenvalue weighted by atomic mass is 10.1. The molecule has 2 aromatic carbocycles. The number of methoxy groups -OCH3 is 2. The second-order valence-corrected chi connectivity index (χ2v) is 5.34. The molecule has 0 radical (unpaired) electrons. The fraction of sp³-hybridized carbons (Fsp3) is 0.111. The average molecular weight is 343 g/mol. The molecule has 0 saturated carbocycles. The van der Waals surface area contributed by atoms with Crippen molar-refractivity contribution in [1.29, 1.82) is 0 Å². The van der Waals surface area contributed by atoms with E-state index in [1.165, 1.54) is 4.68 Å². The number of aromatic nitrogens is 2. The van der Waals surface area contributed by atoms with Gasteiger partial charge in [0.2, 0.25) is 0 Å². The molecule has 0 fully saturated rings. The number of carbonyl (C=O) groups excluding carboxylic acids is 1. The van der Waals surface area contributed by atoms with Crippen molar-refractivity contribution < 1.29 is 14.3 Å². The van der Waals surface area contributed by atoms with Gasteiger partial charge in [0.1, 0.15) is 22.3 Å². The second-order valence-electron chi connectivity index (χ2n) is 4.98. The first-order chi connectivity index (χ1) is 11.7. The Labute approximate surface area is 144 Å². The number of nitrogens with zero attached hydrogens (tertiary/aromatic N) is 2. The zero-order chi connectivity index (χ0) is 17.1. The van der Waals surface area contributed by atoms with E-state index >= 15 is 0 Å². The van der Waals surface area contributed by atoms with E-state index in [1.54, 1.807) is 32.4 Å². The number of hydrogen-bond acceptors (Lipinski definition) is 4. The summed E-state index contributed by atoms with van der Waals surface area (Å²) in [6.07, 6.45) is 0.702. The number of halogens is 1. The van der Waals surface area contributed by atoms with Crippen LogP contribution in [0, 0.1) is 0 Å². The lowest BCUT2D eigenvalue weighted by molar-refractivity contribution is 0.112. The molecule has 0 saturated heterocycles. The topological polar surface area (TPSA) is 53.4 Å². The molecule has 6 heteroatoms. The largest absolute Gasteiger partial charge is 0.497 e.